The van der Waals surface area contributed by atoms with Gasteiger partial charge < -0.3 is 5.43 Å². The lowest BCUT2D eigenvalue weighted by Gasteiger charge is -2.20. The lowest BCUT2D eigenvalue weighted by Crippen LogP contribution is -2.19. The van der Waals surface area contributed by atoms with E-state index < -0.39 is 0 Å². The Morgan fingerprint density at radius 2 is 2.00 bits per heavy atom. The second kappa shape index (κ2) is 4.78. The first kappa shape index (κ1) is 12.9. The first-order valence-electron chi connectivity index (χ1n) is 5.74. The number of hydrogen-bond donors (Lipinski definition) is 2. The Labute approximate surface area is 97.7 Å². The first-order valence-corrected chi connectivity index (χ1v) is 5.74. The smallest absolute Gasteiger partial charge is 0.143 e. The van der Waals surface area contributed by atoms with Crippen molar-refractivity contribution in [2.75, 3.05) is 5.43 Å². The van der Waals surface area contributed by atoms with E-state index in [2.05, 4.69) is 50.0 Å². The lowest BCUT2D eigenvalue weighted by atomic mass is 9.91. The molecule has 3 N–H and O–H groups in total. The predicted octanol–water partition coefficient (Wildman–Crippen LogP) is 2.57. The number of rotatable bonds is 3. The van der Waals surface area contributed by atoms with Gasteiger partial charge in [0.2, 0.25) is 0 Å². The minimum atomic E-state index is 0.0107. The number of aromatic nitrogens is 2. The van der Waals surface area contributed by atoms with Crippen LogP contribution in [0.2, 0.25) is 0 Å². The topological polar surface area (TPSA) is 63.8 Å². The van der Waals surface area contributed by atoms with Crippen LogP contribution in [0.1, 0.15) is 58.5 Å². The van der Waals surface area contributed by atoms with E-state index in [1.807, 2.05) is 6.07 Å². The first-order chi connectivity index (χ1) is 7.38. The molecular weight excluding hydrogens is 200 g/mol. The highest BCUT2D eigenvalue weighted by molar-refractivity contribution is 5.37. The second-order valence-electron chi connectivity index (χ2n) is 5.20. The zero-order valence-corrected chi connectivity index (χ0v) is 10.8. The molecule has 1 aromatic heterocycles. The normalized spacial score (nSPS) is 13.6. The van der Waals surface area contributed by atoms with Crippen molar-refractivity contribution in [1.29, 1.82) is 0 Å². The molecule has 0 amide bonds. The predicted molar refractivity (Wildman–Crippen MR) is 67.2 cm³/mol. The largest absolute Gasteiger partial charge is 0.308 e. The van der Waals surface area contributed by atoms with Crippen LogP contribution in [0.25, 0.3) is 0 Å². The van der Waals surface area contributed by atoms with Gasteiger partial charge in [0.15, 0.2) is 0 Å². The number of nitrogens with one attached hydrogen (secondary N) is 1. The summed E-state index contributed by atoms with van der Waals surface area (Å²) in [5.74, 6) is 7.34. The van der Waals surface area contributed by atoms with Crippen molar-refractivity contribution < 1.29 is 0 Å². The minimum Gasteiger partial charge on any atom is -0.308 e. The summed E-state index contributed by atoms with van der Waals surface area (Å²) in [4.78, 5) is 9.01. The minimum absolute atomic E-state index is 0.0107. The summed E-state index contributed by atoms with van der Waals surface area (Å²) in [7, 11) is 0. The van der Waals surface area contributed by atoms with Crippen LogP contribution in [0.15, 0.2) is 6.07 Å². The average molecular weight is 222 g/mol. The van der Waals surface area contributed by atoms with Gasteiger partial charge in [0.1, 0.15) is 11.6 Å². The third-order valence-electron chi connectivity index (χ3n) is 2.71. The summed E-state index contributed by atoms with van der Waals surface area (Å²) >= 11 is 0. The highest BCUT2D eigenvalue weighted by Gasteiger charge is 2.19. The Balaban J connectivity index is 3.21. The molecule has 0 radical (unpaired) electrons. The van der Waals surface area contributed by atoms with Crippen molar-refractivity contribution >= 4 is 5.82 Å². The number of nitrogens with zero attached hydrogens (tertiary/aromatic N) is 2. The van der Waals surface area contributed by atoms with Gasteiger partial charge in [-0.2, -0.15) is 0 Å². The molecule has 16 heavy (non-hydrogen) atoms. The summed E-state index contributed by atoms with van der Waals surface area (Å²) in [6.45, 7) is 10.7. The van der Waals surface area contributed by atoms with Crippen LogP contribution in [0.3, 0.4) is 0 Å². The Hall–Kier alpha value is -1.16. The van der Waals surface area contributed by atoms with Crippen LogP contribution in [0.4, 0.5) is 5.82 Å². The molecule has 0 aliphatic rings. The monoisotopic (exact) mass is 222 g/mol. The Kier molecular flexibility index (Phi) is 3.86. The highest BCUT2D eigenvalue weighted by atomic mass is 15.3. The van der Waals surface area contributed by atoms with Gasteiger partial charge in [0.25, 0.3) is 0 Å². The Morgan fingerprint density at radius 3 is 2.44 bits per heavy atom. The average Bonchev–Trinajstić information content (AvgIpc) is 2.26. The quantitative estimate of drug-likeness (QED) is 0.609. The molecule has 0 aliphatic carbocycles. The van der Waals surface area contributed by atoms with Crippen LogP contribution >= 0.6 is 0 Å². The summed E-state index contributed by atoms with van der Waals surface area (Å²) in [6, 6.07) is 1.91. The maximum atomic E-state index is 5.43. The molecule has 0 spiro atoms. The van der Waals surface area contributed by atoms with Gasteiger partial charge in [-0.05, 0) is 6.42 Å². The zero-order valence-electron chi connectivity index (χ0n) is 10.8. The van der Waals surface area contributed by atoms with Gasteiger partial charge in [0, 0.05) is 17.4 Å². The SMILES string of the molecule is CCC(C)c1nc(NN)cc(C(C)(C)C)n1. The van der Waals surface area contributed by atoms with Crippen LogP contribution < -0.4 is 11.3 Å². The van der Waals surface area contributed by atoms with Crippen LogP contribution in [0.5, 0.6) is 0 Å². The van der Waals surface area contributed by atoms with E-state index in [0.717, 1.165) is 17.9 Å². The molecule has 1 aromatic rings. The molecule has 4 nitrogen and oxygen atoms in total. The fourth-order valence-electron chi connectivity index (χ4n) is 1.33. The Bertz CT molecular complexity index is 355. The summed E-state index contributed by atoms with van der Waals surface area (Å²) in [6.07, 6.45) is 1.03. The maximum absolute atomic E-state index is 5.43. The molecule has 0 saturated carbocycles. The zero-order chi connectivity index (χ0) is 12.3. The molecule has 0 aliphatic heterocycles. The maximum Gasteiger partial charge on any atom is 0.143 e. The molecule has 0 fully saturated rings. The second-order valence-corrected chi connectivity index (χ2v) is 5.20. The molecule has 1 atom stereocenters. The summed E-state index contributed by atoms with van der Waals surface area (Å²) < 4.78 is 0. The van der Waals surface area contributed by atoms with Crippen molar-refractivity contribution in [1.82, 2.24) is 9.97 Å². The van der Waals surface area contributed by atoms with Crippen molar-refractivity contribution in [2.24, 2.45) is 5.84 Å². The van der Waals surface area contributed by atoms with Gasteiger partial charge in [-0.1, -0.05) is 34.6 Å². The van der Waals surface area contributed by atoms with E-state index in [1.165, 1.54) is 0 Å². The number of nitrogens with two attached hydrogens (primary N) is 1. The van der Waals surface area contributed by atoms with Crippen molar-refractivity contribution in [3.8, 4) is 0 Å². The van der Waals surface area contributed by atoms with Gasteiger partial charge >= 0.3 is 0 Å². The van der Waals surface area contributed by atoms with Gasteiger partial charge in [-0.15, -0.1) is 0 Å². The van der Waals surface area contributed by atoms with E-state index in [-0.39, 0.29) is 5.41 Å². The van der Waals surface area contributed by atoms with E-state index in [9.17, 15) is 0 Å². The van der Waals surface area contributed by atoms with E-state index in [4.69, 9.17) is 5.84 Å². The number of hydrazine groups is 1. The Morgan fingerprint density at radius 1 is 1.38 bits per heavy atom. The van der Waals surface area contributed by atoms with E-state index >= 15 is 0 Å². The van der Waals surface area contributed by atoms with Crippen LogP contribution in [-0.4, -0.2) is 9.97 Å². The van der Waals surface area contributed by atoms with Crippen LogP contribution in [-0.2, 0) is 5.41 Å². The number of nitrogen functional groups attached to an aromatic ring is 1. The van der Waals surface area contributed by atoms with Gasteiger partial charge in [-0.3, -0.25) is 0 Å². The molecule has 0 aromatic carbocycles. The lowest BCUT2D eigenvalue weighted by molar-refractivity contribution is 0.554. The molecule has 4 heteroatoms. The molecule has 90 valence electrons. The summed E-state index contributed by atoms with van der Waals surface area (Å²) in [5, 5.41) is 0. The molecule has 1 rings (SSSR count). The fraction of sp³-hybridized carbons (Fsp3) is 0.667. The highest BCUT2D eigenvalue weighted by Crippen LogP contribution is 2.24. The van der Waals surface area contributed by atoms with Gasteiger partial charge in [-0.25, -0.2) is 15.8 Å². The van der Waals surface area contributed by atoms with Crippen molar-refractivity contribution in [3.05, 3.63) is 17.6 Å². The van der Waals surface area contributed by atoms with Crippen molar-refractivity contribution in [2.45, 2.75) is 52.4 Å². The molecule has 0 bridgehead atoms. The van der Waals surface area contributed by atoms with E-state index in [1.54, 1.807) is 0 Å². The number of anilines is 1. The van der Waals surface area contributed by atoms with Crippen molar-refractivity contribution in [3.63, 3.8) is 0 Å². The molecule has 1 heterocycles. The molecule has 1 unspecified atom stereocenters. The third-order valence-corrected chi connectivity index (χ3v) is 2.71. The van der Waals surface area contributed by atoms with Crippen LogP contribution in [0, 0.1) is 0 Å². The number of hydrogen-bond acceptors (Lipinski definition) is 4. The fourth-order valence-corrected chi connectivity index (χ4v) is 1.33. The standard InChI is InChI=1S/C12H22N4/c1-6-8(2)11-14-9(12(3,4)5)7-10(15-11)16-13/h7-8H,6,13H2,1-5H3,(H,14,15,16). The van der Waals surface area contributed by atoms with Gasteiger partial charge in [0.05, 0.1) is 5.69 Å². The summed E-state index contributed by atoms with van der Waals surface area (Å²) in [5.41, 5.74) is 3.64. The molecule has 0 saturated heterocycles. The van der Waals surface area contributed by atoms with E-state index in [0.29, 0.717) is 11.7 Å². The third kappa shape index (κ3) is 2.92. The molecular formula is C12H22N4.